The van der Waals surface area contributed by atoms with Gasteiger partial charge in [-0.3, -0.25) is 14.2 Å². The normalized spacial score (nSPS) is 10.9. The SMILES string of the molecule is CCCCn1c(SCC(=O)Nc2ccccc2C(=O)OCC)nc2ccsc2c1=O. The number of aromatic nitrogens is 2. The molecule has 0 fully saturated rings. The van der Waals surface area contributed by atoms with Gasteiger partial charge in [0, 0.05) is 6.54 Å². The van der Waals surface area contributed by atoms with Crippen LogP contribution < -0.4 is 10.9 Å². The van der Waals surface area contributed by atoms with Gasteiger partial charge in [-0.05, 0) is 36.9 Å². The lowest BCUT2D eigenvalue weighted by Gasteiger charge is -2.12. The Morgan fingerprint density at radius 2 is 2.03 bits per heavy atom. The third kappa shape index (κ3) is 5.09. The Labute approximate surface area is 182 Å². The monoisotopic (exact) mass is 445 g/mol. The van der Waals surface area contributed by atoms with Crippen LogP contribution in [-0.4, -0.2) is 33.8 Å². The highest BCUT2D eigenvalue weighted by Gasteiger charge is 2.16. The molecule has 0 saturated heterocycles. The molecule has 1 amide bonds. The van der Waals surface area contributed by atoms with E-state index in [0.717, 1.165) is 12.8 Å². The van der Waals surface area contributed by atoms with Gasteiger partial charge in [-0.1, -0.05) is 37.2 Å². The zero-order chi connectivity index (χ0) is 21.5. The predicted molar refractivity (Wildman–Crippen MR) is 121 cm³/mol. The zero-order valence-corrected chi connectivity index (χ0v) is 18.5. The van der Waals surface area contributed by atoms with Crippen molar-refractivity contribution in [3.63, 3.8) is 0 Å². The molecule has 0 bridgehead atoms. The van der Waals surface area contributed by atoms with Crippen molar-refractivity contribution in [3.05, 3.63) is 51.6 Å². The van der Waals surface area contributed by atoms with Crippen LogP contribution in [0.25, 0.3) is 10.2 Å². The van der Waals surface area contributed by atoms with Crippen molar-refractivity contribution < 1.29 is 14.3 Å². The van der Waals surface area contributed by atoms with E-state index in [0.29, 0.717) is 33.2 Å². The lowest BCUT2D eigenvalue weighted by molar-refractivity contribution is -0.113. The fourth-order valence-electron chi connectivity index (χ4n) is 2.84. The van der Waals surface area contributed by atoms with Gasteiger partial charge >= 0.3 is 5.97 Å². The van der Waals surface area contributed by atoms with Crippen LogP contribution in [0.1, 0.15) is 37.0 Å². The van der Waals surface area contributed by atoms with E-state index in [1.54, 1.807) is 35.8 Å². The number of nitrogens with zero attached hydrogens (tertiary/aromatic N) is 2. The Morgan fingerprint density at radius 3 is 2.80 bits per heavy atom. The number of unbranched alkanes of at least 4 members (excludes halogenated alkanes) is 1. The summed E-state index contributed by atoms with van der Waals surface area (Å²) in [6, 6.07) is 8.52. The molecule has 9 heteroatoms. The number of hydrogen-bond donors (Lipinski definition) is 1. The molecule has 7 nitrogen and oxygen atoms in total. The number of para-hydroxylation sites is 1. The van der Waals surface area contributed by atoms with Crippen LogP contribution in [0.15, 0.2) is 45.7 Å². The van der Waals surface area contributed by atoms with Crippen molar-refractivity contribution in [2.75, 3.05) is 17.7 Å². The van der Waals surface area contributed by atoms with Gasteiger partial charge in [0.2, 0.25) is 5.91 Å². The third-order valence-corrected chi connectivity index (χ3v) is 6.16. The number of ether oxygens (including phenoxy) is 1. The maximum atomic E-state index is 12.8. The fraction of sp³-hybridized carbons (Fsp3) is 0.333. The van der Waals surface area contributed by atoms with Gasteiger partial charge < -0.3 is 10.1 Å². The Balaban J connectivity index is 1.76. The molecule has 3 aromatic rings. The van der Waals surface area contributed by atoms with Gasteiger partial charge in [0.25, 0.3) is 5.56 Å². The van der Waals surface area contributed by atoms with Crippen molar-refractivity contribution >= 4 is 50.9 Å². The molecule has 2 aromatic heterocycles. The molecule has 0 atom stereocenters. The van der Waals surface area contributed by atoms with E-state index < -0.39 is 5.97 Å². The molecule has 1 aromatic carbocycles. The number of esters is 1. The van der Waals surface area contributed by atoms with E-state index in [-0.39, 0.29) is 23.8 Å². The summed E-state index contributed by atoms with van der Waals surface area (Å²) in [6.45, 7) is 4.60. The van der Waals surface area contributed by atoms with E-state index in [9.17, 15) is 14.4 Å². The van der Waals surface area contributed by atoms with Crippen molar-refractivity contribution in [2.45, 2.75) is 38.4 Å². The van der Waals surface area contributed by atoms with Crippen LogP contribution in [0.5, 0.6) is 0 Å². The molecule has 0 aliphatic heterocycles. The topological polar surface area (TPSA) is 90.3 Å². The second-order valence-corrected chi connectivity index (χ2v) is 8.30. The molecule has 0 saturated carbocycles. The van der Waals surface area contributed by atoms with E-state index in [1.165, 1.54) is 23.1 Å². The number of fused-ring (bicyclic) bond motifs is 1. The van der Waals surface area contributed by atoms with E-state index in [1.807, 2.05) is 11.4 Å². The zero-order valence-electron chi connectivity index (χ0n) is 16.8. The number of thiophene rings is 1. The van der Waals surface area contributed by atoms with Gasteiger partial charge in [-0.2, -0.15) is 0 Å². The molecule has 0 aliphatic rings. The van der Waals surface area contributed by atoms with Crippen LogP contribution in [0, 0.1) is 0 Å². The third-order valence-electron chi connectivity index (χ3n) is 4.29. The predicted octanol–water partition coefficient (Wildman–Crippen LogP) is 4.17. The van der Waals surface area contributed by atoms with Crippen molar-refractivity contribution in [1.82, 2.24) is 9.55 Å². The number of thioether (sulfide) groups is 1. The van der Waals surface area contributed by atoms with Crippen molar-refractivity contribution in [1.29, 1.82) is 0 Å². The highest BCUT2D eigenvalue weighted by Crippen LogP contribution is 2.22. The van der Waals surface area contributed by atoms with Gasteiger partial charge in [-0.15, -0.1) is 11.3 Å². The first-order chi connectivity index (χ1) is 14.5. The minimum absolute atomic E-state index is 0.0609. The first kappa shape index (κ1) is 22.0. The molecule has 3 rings (SSSR count). The van der Waals surface area contributed by atoms with Crippen molar-refractivity contribution in [3.8, 4) is 0 Å². The molecular weight excluding hydrogens is 422 g/mol. The molecule has 0 aliphatic carbocycles. The Morgan fingerprint density at radius 1 is 1.23 bits per heavy atom. The van der Waals surface area contributed by atoms with E-state index >= 15 is 0 Å². The van der Waals surface area contributed by atoms with Crippen LogP contribution in [0.3, 0.4) is 0 Å². The van der Waals surface area contributed by atoms with Gasteiger partial charge in [0.15, 0.2) is 5.16 Å². The standard InChI is InChI=1S/C21H23N3O4S2/c1-3-5-11-24-19(26)18-16(10-12-29-18)23-21(24)30-13-17(25)22-15-9-7-6-8-14(15)20(27)28-4-2/h6-10,12H,3-5,11,13H2,1-2H3,(H,22,25). The van der Waals surface area contributed by atoms with E-state index in [4.69, 9.17) is 4.74 Å². The second kappa shape index (κ2) is 10.4. The fourth-order valence-corrected chi connectivity index (χ4v) is 4.45. The van der Waals surface area contributed by atoms with Crippen molar-refractivity contribution in [2.24, 2.45) is 0 Å². The molecule has 0 unspecified atom stereocenters. The highest BCUT2D eigenvalue weighted by atomic mass is 32.2. The van der Waals surface area contributed by atoms with Gasteiger partial charge in [0.05, 0.1) is 29.1 Å². The minimum Gasteiger partial charge on any atom is -0.462 e. The quantitative estimate of drug-likeness (QED) is 0.302. The first-order valence-corrected chi connectivity index (χ1v) is 11.6. The average Bonchev–Trinajstić information content (AvgIpc) is 3.21. The summed E-state index contributed by atoms with van der Waals surface area (Å²) in [4.78, 5) is 42.0. The maximum Gasteiger partial charge on any atom is 0.340 e. The van der Waals surface area contributed by atoms with Gasteiger partial charge in [-0.25, -0.2) is 9.78 Å². The summed E-state index contributed by atoms with van der Waals surface area (Å²) in [6.07, 6.45) is 1.80. The van der Waals surface area contributed by atoms with Crippen LogP contribution >= 0.6 is 23.1 Å². The summed E-state index contributed by atoms with van der Waals surface area (Å²) in [5.41, 5.74) is 1.27. The number of carbonyl (C=O) groups is 2. The number of nitrogens with one attached hydrogen (secondary N) is 1. The number of carbonyl (C=O) groups excluding carboxylic acids is 2. The summed E-state index contributed by atoms with van der Waals surface area (Å²) >= 11 is 2.59. The lowest BCUT2D eigenvalue weighted by atomic mass is 10.2. The molecule has 0 radical (unpaired) electrons. The summed E-state index contributed by atoms with van der Waals surface area (Å²) in [7, 11) is 0. The molecule has 2 heterocycles. The number of amides is 1. The Kier molecular flexibility index (Phi) is 7.64. The second-order valence-electron chi connectivity index (χ2n) is 6.44. The Bertz CT molecular complexity index is 1110. The molecule has 1 N–H and O–H groups in total. The van der Waals surface area contributed by atoms with Crippen LogP contribution in [-0.2, 0) is 16.1 Å². The summed E-state index contributed by atoms with van der Waals surface area (Å²) in [5.74, 6) is -0.719. The molecule has 30 heavy (non-hydrogen) atoms. The van der Waals surface area contributed by atoms with Crippen LogP contribution in [0.2, 0.25) is 0 Å². The summed E-state index contributed by atoms with van der Waals surface area (Å²) < 4.78 is 7.31. The average molecular weight is 446 g/mol. The maximum absolute atomic E-state index is 12.8. The first-order valence-electron chi connectivity index (χ1n) is 9.72. The number of rotatable bonds is 9. The largest absolute Gasteiger partial charge is 0.462 e. The number of anilines is 1. The number of benzene rings is 1. The molecular formula is C21H23N3O4S2. The summed E-state index contributed by atoms with van der Waals surface area (Å²) in [5, 5.41) is 5.12. The smallest absolute Gasteiger partial charge is 0.340 e. The lowest BCUT2D eigenvalue weighted by Crippen LogP contribution is -2.24. The van der Waals surface area contributed by atoms with Crippen LogP contribution in [0.4, 0.5) is 5.69 Å². The Hall–Kier alpha value is -2.65. The molecule has 158 valence electrons. The minimum atomic E-state index is -0.487. The molecule has 0 spiro atoms. The van der Waals surface area contributed by atoms with E-state index in [2.05, 4.69) is 17.2 Å². The number of hydrogen-bond acceptors (Lipinski definition) is 7. The highest BCUT2D eigenvalue weighted by molar-refractivity contribution is 7.99. The van der Waals surface area contributed by atoms with Gasteiger partial charge in [0.1, 0.15) is 4.70 Å².